The molecule has 0 unspecified atom stereocenters. The van der Waals surface area contributed by atoms with E-state index >= 15 is 0 Å². The van der Waals surface area contributed by atoms with Crippen LogP contribution >= 0.6 is 11.6 Å². The van der Waals surface area contributed by atoms with Crippen molar-refractivity contribution in [1.29, 1.82) is 0 Å². The molecule has 2 aromatic rings. The van der Waals surface area contributed by atoms with E-state index in [0.717, 1.165) is 5.82 Å². The average Bonchev–Trinajstić information content (AvgIpc) is 3.15. The van der Waals surface area contributed by atoms with Crippen molar-refractivity contribution < 1.29 is 9.18 Å². The number of carbonyl (C=O) groups is 1. The van der Waals surface area contributed by atoms with E-state index in [-0.39, 0.29) is 23.6 Å². The Bertz CT molecular complexity index is 682. The highest BCUT2D eigenvalue weighted by atomic mass is 35.5. The molecule has 1 aromatic heterocycles. The maximum absolute atomic E-state index is 13.8. The molecule has 1 aliphatic carbocycles. The predicted octanol–water partition coefficient (Wildman–Crippen LogP) is 2.30. The fourth-order valence-corrected chi connectivity index (χ4v) is 2.93. The van der Waals surface area contributed by atoms with Crippen LogP contribution in [-0.4, -0.2) is 27.2 Å². The Morgan fingerprint density at radius 3 is 3.05 bits per heavy atom. The highest BCUT2D eigenvalue weighted by Gasteiger charge is 2.46. The van der Waals surface area contributed by atoms with Gasteiger partial charge in [0, 0.05) is 35.5 Å². The maximum atomic E-state index is 13.8. The average molecular weight is 323 g/mol. The molecule has 2 atom stereocenters. The number of aromatic nitrogens is 3. The molecule has 116 valence electrons. The first-order valence-electron chi connectivity index (χ1n) is 7.14. The second-order valence-corrected chi connectivity index (χ2v) is 5.85. The van der Waals surface area contributed by atoms with Crippen molar-refractivity contribution in [1.82, 2.24) is 20.1 Å². The summed E-state index contributed by atoms with van der Waals surface area (Å²) in [6.07, 6.45) is 2.26. The molecule has 1 amide bonds. The van der Waals surface area contributed by atoms with E-state index in [2.05, 4.69) is 15.5 Å². The largest absolute Gasteiger partial charge is 0.354 e. The van der Waals surface area contributed by atoms with Gasteiger partial charge in [-0.15, -0.1) is 10.2 Å². The van der Waals surface area contributed by atoms with Gasteiger partial charge in [0.25, 0.3) is 0 Å². The lowest BCUT2D eigenvalue weighted by molar-refractivity contribution is -0.122. The second-order valence-electron chi connectivity index (χ2n) is 5.45. The van der Waals surface area contributed by atoms with Gasteiger partial charge in [-0.25, -0.2) is 4.39 Å². The highest BCUT2D eigenvalue weighted by Crippen LogP contribution is 2.50. The minimum absolute atomic E-state index is 0.0601. The molecule has 7 heteroatoms. The van der Waals surface area contributed by atoms with Crippen molar-refractivity contribution in [2.45, 2.75) is 25.8 Å². The van der Waals surface area contributed by atoms with E-state index < -0.39 is 0 Å². The standard InChI is InChI=1S/C15H16ClFN4O/c1-9-20-19-8-21(9)6-5-18-15(22)11-7-10(11)14-12(16)3-2-4-13(14)17/h2-4,8,10-11H,5-7H2,1H3,(H,18,22)/t10-,11+/m0/s1. The predicted molar refractivity (Wildman–Crippen MR) is 80.0 cm³/mol. The number of rotatable bonds is 5. The van der Waals surface area contributed by atoms with Gasteiger partial charge < -0.3 is 9.88 Å². The summed E-state index contributed by atoms with van der Waals surface area (Å²) in [6.45, 7) is 2.96. The van der Waals surface area contributed by atoms with E-state index in [9.17, 15) is 9.18 Å². The Kier molecular flexibility index (Phi) is 4.11. The molecular formula is C15H16ClFN4O. The Morgan fingerprint density at radius 1 is 1.55 bits per heavy atom. The molecule has 0 aliphatic heterocycles. The minimum atomic E-state index is -0.340. The molecule has 0 saturated heterocycles. The summed E-state index contributed by atoms with van der Waals surface area (Å²) in [5, 5.41) is 10.9. The number of halogens is 2. The van der Waals surface area contributed by atoms with Crippen molar-refractivity contribution in [3.63, 3.8) is 0 Å². The molecule has 1 aromatic carbocycles. The number of nitrogens with one attached hydrogen (secondary N) is 1. The molecule has 22 heavy (non-hydrogen) atoms. The second kappa shape index (κ2) is 6.04. The Hall–Kier alpha value is -1.95. The SMILES string of the molecule is Cc1nncn1CCNC(=O)[C@@H]1C[C@@H]1c1c(F)cccc1Cl. The first-order valence-corrected chi connectivity index (χ1v) is 7.51. The van der Waals surface area contributed by atoms with Crippen LogP contribution in [0.3, 0.4) is 0 Å². The molecule has 1 fully saturated rings. The molecule has 1 heterocycles. The number of aryl methyl sites for hydroxylation is 1. The fraction of sp³-hybridized carbons (Fsp3) is 0.400. The van der Waals surface area contributed by atoms with Crippen LogP contribution < -0.4 is 5.32 Å². The summed E-state index contributed by atoms with van der Waals surface area (Å²) in [6, 6.07) is 4.60. The lowest BCUT2D eigenvalue weighted by atomic mass is 10.1. The highest BCUT2D eigenvalue weighted by molar-refractivity contribution is 6.31. The number of amides is 1. The van der Waals surface area contributed by atoms with Crippen LogP contribution in [0.4, 0.5) is 4.39 Å². The van der Waals surface area contributed by atoms with Crippen LogP contribution in [0.5, 0.6) is 0 Å². The van der Waals surface area contributed by atoms with Crippen molar-refractivity contribution in [2.75, 3.05) is 6.54 Å². The van der Waals surface area contributed by atoms with Gasteiger partial charge >= 0.3 is 0 Å². The van der Waals surface area contributed by atoms with Crippen LogP contribution in [0.2, 0.25) is 5.02 Å². The summed E-state index contributed by atoms with van der Waals surface area (Å²) in [5.41, 5.74) is 0.457. The molecule has 5 nitrogen and oxygen atoms in total. The molecule has 3 rings (SSSR count). The number of carbonyl (C=O) groups excluding carboxylic acids is 1. The molecule has 0 radical (unpaired) electrons. The zero-order valence-corrected chi connectivity index (χ0v) is 12.8. The van der Waals surface area contributed by atoms with Crippen LogP contribution in [0.15, 0.2) is 24.5 Å². The number of nitrogens with zero attached hydrogens (tertiary/aromatic N) is 3. The van der Waals surface area contributed by atoms with Crippen molar-refractivity contribution >= 4 is 17.5 Å². The van der Waals surface area contributed by atoms with Gasteiger partial charge in [0.05, 0.1) is 0 Å². The molecule has 0 bridgehead atoms. The number of hydrogen-bond donors (Lipinski definition) is 1. The Balaban J connectivity index is 1.54. The van der Waals surface area contributed by atoms with Crippen molar-refractivity contribution in [3.05, 3.63) is 46.8 Å². The van der Waals surface area contributed by atoms with E-state index in [0.29, 0.717) is 30.1 Å². The normalized spacial score (nSPS) is 20.0. The van der Waals surface area contributed by atoms with Crippen molar-refractivity contribution in [2.24, 2.45) is 5.92 Å². The minimum Gasteiger partial charge on any atom is -0.354 e. The summed E-state index contributed by atoms with van der Waals surface area (Å²) in [5.74, 6) is 0.0846. The molecular weight excluding hydrogens is 307 g/mol. The smallest absolute Gasteiger partial charge is 0.223 e. The van der Waals surface area contributed by atoms with E-state index in [1.165, 1.54) is 6.07 Å². The zero-order valence-electron chi connectivity index (χ0n) is 12.1. The summed E-state index contributed by atoms with van der Waals surface area (Å²) in [7, 11) is 0. The quantitative estimate of drug-likeness (QED) is 0.919. The van der Waals surface area contributed by atoms with Gasteiger partial charge in [0.1, 0.15) is 18.0 Å². The Labute approximate surface area is 132 Å². The summed E-state index contributed by atoms with van der Waals surface area (Å²) < 4.78 is 15.7. The molecule has 0 spiro atoms. The van der Waals surface area contributed by atoms with Crippen molar-refractivity contribution in [3.8, 4) is 0 Å². The molecule has 1 saturated carbocycles. The van der Waals surface area contributed by atoms with Gasteiger partial charge in [0.15, 0.2) is 0 Å². The van der Waals surface area contributed by atoms with Gasteiger partial charge in [-0.3, -0.25) is 4.79 Å². The van der Waals surface area contributed by atoms with Crippen LogP contribution in [0.1, 0.15) is 23.7 Å². The van der Waals surface area contributed by atoms with E-state index in [4.69, 9.17) is 11.6 Å². The van der Waals surface area contributed by atoms with Crippen LogP contribution in [0.25, 0.3) is 0 Å². The molecule has 1 N–H and O–H groups in total. The van der Waals surface area contributed by atoms with Gasteiger partial charge in [-0.05, 0) is 25.5 Å². The third-order valence-electron chi connectivity index (χ3n) is 3.96. The lowest BCUT2D eigenvalue weighted by Gasteiger charge is -2.07. The van der Waals surface area contributed by atoms with Gasteiger partial charge in [-0.2, -0.15) is 0 Å². The summed E-state index contributed by atoms with van der Waals surface area (Å²) >= 11 is 6.03. The lowest BCUT2D eigenvalue weighted by Crippen LogP contribution is -2.29. The topological polar surface area (TPSA) is 59.8 Å². The molecule has 1 aliphatic rings. The third-order valence-corrected chi connectivity index (χ3v) is 4.29. The van der Waals surface area contributed by atoms with Gasteiger partial charge in [0.2, 0.25) is 5.91 Å². The zero-order chi connectivity index (χ0) is 15.7. The maximum Gasteiger partial charge on any atom is 0.223 e. The fourth-order valence-electron chi connectivity index (χ4n) is 2.63. The number of benzene rings is 1. The van der Waals surface area contributed by atoms with Gasteiger partial charge in [-0.1, -0.05) is 17.7 Å². The number of hydrogen-bond acceptors (Lipinski definition) is 3. The third kappa shape index (κ3) is 2.97. The Morgan fingerprint density at radius 2 is 2.36 bits per heavy atom. The monoisotopic (exact) mass is 322 g/mol. The first-order chi connectivity index (χ1) is 10.6. The van der Waals surface area contributed by atoms with E-state index in [1.54, 1.807) is 18.5 Å². The van der Waals surface area contributed by atoms with E-state index in [1.807, 2.05) is 11.5 Å². The first kappa shape index (κ1) is 15.0. The van der Waals surface area contributed by atoms with Crippen LogP contribution in [0, 0.1) is 18.7 Å². The summed E-state index contributed by atoms with van der Waals surface area (Å²) in [4.78, 5) is 12.1. The van der Waals surface area contributed by atoms with Crippen LogP contribution in [-0.2, 0) is 11.3 Å².